The first-order chi connectivity index (χ1) is 11.9. The Hall–Kier alpha value is -2.19. The van der Waals surface area contributed by atoms with E-state index in [9.17, 15) is 19.1 Å². The van der Waals surface area contributed by atoms with Gasteiger partial charge < -0.3 is 19.7 Å². The number of hydrogen-bond donors (Lipinski definition) is 2. The monoisotopic (exact) mass is 363 g/mol. The average molecular weight is 363 g/mol. The summed E-state index contributed by atoms with van der Waals surface area (Å²) in [4.78, 5) is 22.7. The molecule has 0 atom stereocenters. The number of nitrogens with one attached hydrogen (secondary N) is 1. The molecule has 0 aromatic heterocycles. The molecule has 2 N–H and O–H groups in total. The zero-order chi connectivity index (χ0) is 19.7. The summed E-state index contributed by atoms with van der Waals surface area (Å²) in [7, 11) is -0.795. The SMILES string of the molecule is CC(=O)NCC(=Cc1cccc(F)c1C(=O)O)B1OC(C)(C)C(C)(C)O1. The Morgan fingerprint density at radius 1 is 1.23 bits per heavy atom. The number of aromatic carboxylic acids is 1. The van der Waals surface area contributed by atoms with Crippen molar-refractivity contribution in [1.82, 2.24) is 5.32 Å². The predicted molar refractivity (Wildman–Crippen MR) is 96.1 cm³/mol. The van der Waals surface area contributed by atoms with E-state index in [4.69, 9.17) is 9.31 Å². The zero-order valence-electron chi connectivity index (χ0n) is 15.6. The van der Waals surface area contributed by atoms with Crippen molar-refractivity contribution in [2.24, 2.45) is 0 Å². The summed E-state index contributed by atoms with van der Waals surface area (Å²) in [5, 5.41) is 12.0. The lowest BCUT2D eigenvalue weighted by atomic mass is 9.76. The van der Waals surface area contributed by atoms with E-state index in [1.54, 1.807) is 0 Å². The lowest BCUT2D eigenvalue weighted by Crippen LogP contribution is -2.41. The first-order valence-corrected chi connectivity index (χ1v) is 8.27. The van der Waals surface area contributed by atoms with E-state index in [0.717, 1.165) is 6.07 Å². The molecule has 1 amide bonds. The first kappa shape index (κ1) is 20.1. The Labute approximate surface area is 152 Å². The van der Waals surface area contributed by atoms with Crippen LogP contribution in [0.25, 0.3) is 6.08 Å². The maximum atomic E-state index is 13.9. The third-order valence-electron chi connectivity index (χ3n) is 4.70. The molecule has 0 bridgehead atoms. The van der Waals surface area contributed by atoms with Crippen molar-refractivity contribution in [2.75, 3.05) is 6.54 Å². The van der Waals surface area contributed by atoms with E-state index in [-0.39, 0.29) is 18.0 Å². The van der Waals surface area contributed by atoms with Crippen molar-refractivity contribution in [1.29, 1.82) is 0 Å². The lowest BCUT2D eigenvalue weighted by Gasteiger charge is -2.32. The second kappa shape index (κ2) is 7.21. The average Bonchev–Trinajstić information content (AvgIpc) is 2.71. The van der Waals surface area contributed by atoms with E-state index in [1.165, 1.54) is 25.1 Å². The number of halogens is 1. The maximum Gasteiger partial charge on any atom is 0.492 e. The van der Waals surface area contributed by atoms with Gasteiger partial charge in [0.25, 0.3) is 0 Å². The van der Waals surface area contributed by atoms with Crippen LogP contribution in [0.3, 0.4) is 0 Å². The van der Waals surface area contributed by atoms with Crippen LogP contribution in [-0.2, 0) is 14.1 Å². The van der Waals surface area contributed by atoms with Crippen LogP contribution in [0.4, 0.5) is 4.39 Å². The Kier molecular flexibility index (Phi) is 5.58. The van der Waals surface area contributed by atoms with Crippen LogP contribution in [0.15, 0.2) is 23.7 Å². The standard InChI is InChI=1S/C18H23BFNO5/c1-11(22)21-10-13(19-25-17(2,3)18(4,5)26-19)9-12-7-6-8-14(20)15(12)16(23)24/h6-9H,10H2,1-5H3,(H,21,22)(H,23,24). The smallest absolute Gasteiger partial charge is 0.478 e. The highest BCUT2D eigenvalue weighted by Crippen LogP contribution is 2.38. The summed E-state index contributed by atoms with van der Waals surface area (Å²) < 4.78 is 25.9. The molecule has 140 valence electrons. The van der Waals surface area contributed by atoms with E-state index in [0.29, 0.717) is 5.47 Å². The zero-order valence-corrected chi connectivity index (χ0v) is 15.6. The van der Waals surface area contributed by atoms with Gasteiger partial charge in [-0.25, -0.2) is 9.18 Å². The van der Waals surface area contributed by atoms with Gasteiger partial charge in [0.15, 0.2) is 0 Å². The fourth-order valence-corrected chi connectivity index (χ4v) is 2.51. The summed E-state index contributed by atoms with van der Waals surface area (Å²) >= 11 is 0. The minimum absolute atomic E-state index is 0.0851. The number of hydrogen-bond acceptors (Lipinski definition) is 4. The highest BCUT2D eigenvalue weighted by molar-refractivity contribution is 6.56. The van der Waals surface area contributed by atoms with E-state index in [1.807, 2.05) is 27.7 Å². The van der Waals surface area contributed by atoms with Crippen LogP contribution in [0, 0.1) is 5.82 Å². The number of benzene rings is 1. The van der Waals surface area contributed by atoms with Crippen molar-refractivity contribution in [2.45, 2.75) is 45.8 Å². The summed E-state index contributed by atoms with van der Waals surface area (Å²) in [6.45, 7) is 8.98. The molecule has 1 heterocycles. The number of rotatable bonds is 5. The molecule has 1 aromatic rings. The van der Waals surface area contributed by atoms with Crippen molar-refractivity contribution in [3.8, 4) is 0 Å². The molecule has 2 rings (SSSR count). The van der Waals surface area contributed by atoms with Gasteiger partial charge in [-0.1, -0.05) is 18.2 Å². The summed E-state index contributed by atoms with van der Waals surface area (Å²) in [6.07, 6.45) is 1.49. The number of amides is 1. The molecular weight excluding hydrogens is 340 g/mol. The van der Waals surface area contributed by atoms with Crippen LogP contribution in [0.2, 0.25) is 0 Å². The summed E-state index contributed by atoms with van der Waals surface area (Å²) in [6, 6.07) is 4.00. The van der Waals surface area contributed by atoms with Crippen LogP contribution < -0.4 is 5.32 Å². The molecular formula is C18H23BFNO5. The Morgan fingerprint density at radius 2 is 1.81 bits per heavy atom. The van der Waals surface area contributed by atoms with E-state index < -0.39 is 35.7 Å². The molecule has 8 heteroatoms. The normalized spacial score (nSPS) is 18.7. The Bertz CT molecular complexity index is 744. The molecule has 1 aliphatic rings. The molecule has 1 aliphatic heterocycles. The molecule has 0 aliphatic carbocycles. The molecule has 1 fully saturated rings. The van der Waals surface area contributed by atoms with Gasteiger partial charge in [-0.3, -0.25) is 4.79 Å². The fourth-order valence-electron chi connectivity index (χ4n) is 2.51. The third kappa shape index (κ3) is 4.13. The number of carboxylic acid groups (broad SMARTS) is 1. The molecule has 26 heavy (non-hydrogen) atoms. The Balaban J connectivity index is 2.47. The second-order valence-corrected chi connectivity index (χ2v) is 7.23. The molecule has 1 aromatic carbocycles. The quantitative estimate of drug-likeness (QED) is 0.786. The minimum atomic E-state index is -1.37. The fraction of sp³-hybridized carbons (Fsp3) is 0.444. The topological polar surface area (TPSA) is 84.9 Å². The van der Waals surface area contributed by atoms with Gasteiger partial charge in [-0.05, 0) is 44.8 Å². The van der Waals surface area contributed by atoms with E-state index >= 15 is 0 Å². The van der Waals surface area contributed by atoms with Gasteiger partial charge in [0.2, 0.25) is 5.91 Å². The minimum Gasteiger partial charge on any atom is -0.478 e. The van der Waals surface area contributed by atoms with Gasteiger partial charge in [0, 0.05) is 13.5 Å². The molecule has 0 spiro atoms. The van der Waals surface area contributed by atoms with Gasteiger partial charge >= 0.3 is 13.1 Å². The third-order valence-corrected chi connectivity index (χ3v) is 4.70. The molecule has 0 unspecified atom stereocenters. The second-order valence-electron chi connectivity index (χ2n) is 7.23. The highest BCUT2D eigenvalue weighted by Gasteiger charge is 2.52. The van der Waals surface area contributed by atoms with Crippen LogP contribution in [0.1, 0.15) is 50.5 Å². The number of carbonyl (C=O) groups is 2. The van der Waals surface area contributed by atoms with Gasteiger partial charge in [0.05, 0.1) is 11.2 Å². The maximum absolute atomic E-state index is 13.9. The van der Waals surface area contributed by atoms with Crippen molar-refractivity contribution in [3.63, 3.8) is 0 Å². The number of carbonyl (C=O) groups excluding carboxylic acids is 1. The van der Waals surface area contributed by atoms with Crippen molar-refractivity contribution >= 4 is 25.1 Å². The number of carboxylic acids is 1. The largest absolute Gasteiger partial charge is 0.492 e. The lowest BCUT2D eigenvalue weighted by molar-refractivity contribution is -0.118. The molecule has 0 radical (unpaired) electrons. The van der Waals surface area contributed by atoms with Crippen LogP contribution in [-0.4, -0.2) is 41.8 Å². The van der Waals surface area contributed by atoms with E-state index in [2.05, 4.69) is 5.32 Å². The van der Waals surface area contributed by atoms with Gasteiger partial charge in [-0.15, -0.1) is 0 Å². The van der Waals surface area contributed by atoms with Crippen molar-refractivity contribution < 1.29 is 28.4 Å². The van der Waals surface area contributed by atoms with Gasteiger partial charge in [0.1, 0.15) is 11.4 Å². The Morgan fingerprint density at radius 3 is 2.31 bits per heavy atom. The van der Waals surface area contributed by atoms with Crippen LogP contribution >= 0.6 is 0 Å². The molecule has 0 saturated carbocycles. The first-order valence-electron chi connectivity index (χ1n) is 8.27. The molecule has 6 nitrogen and oxygen atoms in total. The summed E-state index contributed by atoms with van der Waals surface area (Å²) in [5.41, 5.74) is -0.987. The van der Waals surface area contributed by atoms with Gasteiger partial charge in [-0.2, -0.15) is 0 Å². The summed E-state index contributed by atoms with van der Waals surface area (Å²) in [5.74, 6) is -2.47. The predicted octanol–water partition coefficient (Wildman–Crippen LogP) is 2.67. The highest BCUT2D eigenvalue weighted by atomic mass is 19.1. The van der Waals surface area contributed by atoms with Crippen LogP contribution in [0.5, 0.6) is 0 Å². The molecule has 1 saturated heterocycles. The van der Waals surface area contributed by atoms with Crippen molar-refractivity contribution in [3.05, 3.63) is 40.6 Å².